The van der Waals surface area contributed by atoms with E-state index < -0.39 is 43.3 Å². The van der Waals surface area contributed by atoms with Crippen molar-refractivity contribution in [1.82, 2.24) is 5.32 Å². The fourth-order valence-electron chi connectivity index (χ4n) is 2.09. The molecule has 1 heterocycles. The van der Waals surface area contributed by atoms with Crippen LogP contribution < -0.4 is 5.32 Å². The minimum atomic E-state index is -1.61. The van der Waals surface area contributed by atoms with Crippen molar-refractivity contribution in [3.05, 3.63) is 11.6 Å². The summed E-state index contributed by atoms with van der Waals surface area (Å²) >= 11 is 0. The summed E-state index contributed by atoms with van der Waals surface area (Å²) in [6.07, 6.45) is -4.04. The van der Waals surface area contributed by atoms with Crippen molar-refractivity contribution in [2.24, 2.45) is 0 Å². The maximum absolute atomic E-state index is 11.4. The van der Waals surface area contributed by atoms with Crippen molar-refractivity contribution in [2.75, 3.05) is 13.2 Å². The monoisotopic (exact) mass is 317 g/mol. The largest absolute Gasteiger partial charge is 0.462 e. The van der Waals surface area contributed by atoms with Gasteiger partial charge in [-0.25, -0.2) is 0 Å². The number of ether oxygens (including phenoxy) is 2. The summed E-state index contributed by atoms with van der Waals surface area (Å²) in [5.41, 5.74) is 0.623. The SMILES string of the molecule is O=C(CNC(=O)C1=CCC1)OCC(O)C1OC(O)[C@H](O)[C@@H]1O. The number of hydrogen-bond donors (Lipinski definition) is 5. The normalized spacial score (nSPS) is 31.9. The number of rotatable bonds is 6. The van der Waals surface area contributed by atoms with E-state index in [4.69, 9.17) is 9.47 Å². The zero-order chi connectivity index (χ0) is 16.3. The Bertz CT molecular complexity index is 465. The molecule has 9 heteroatoms. The van der Waals surface area contributed by atoms with Gasteiger partial charge in [-0.15, -0.1) is 0 Å². The molecular formula is C13H19NO8. The molecule has 1 saturated heterocycles. The fourth-order valence-corrected chi connectivity index (χ4v) is 2.09. The third-order valence-electron chi connectivity index (χ3n) is 3.56. The lowest BCUT2D eigenvalue weighted by Gasteiger charge is -2.20. The molecule has 124 valence electrons. The van der Waals surface area contributed by atoms with Crippen LogP contribution in [0.25, 0.3) is 0 Å². The van der Waals surface area contributed by atoms with Crippen molar-refractivity contribution < 1.29 is 39.5 Å². The first-order valence-electron chi connectivity index (χ1n) is 6.90. The predicted octanol–water partition coefficient (Wildman–Crippen LogP) is -2.83. The Morgan fingerprint density at radius 1 is 1.36 bits per heavy atom. The molecule has 5 atom stereocenters. The number of esters is 1. The topological polar surface area (TPSA) is 146 Å². The lowest BCUT2D eigenvalue weighted by molar-refractivity contribution is -0.162. The molecular weight excluding hydrogens is 298 g/mol. The molecule has 3 unspecified atom stereocenters. The lowest BCUT2D eigenvalue weighted by Crippen LogP contribution is -2.42. The number of allylic oxidation sites excluding steroid dienone is 1. The van der Waals surface area contributed by atoms with Crippen LogP contribution in [0.15, 0.2) is 11.6 Å². The zero-order valence-corrected chi connectivity index (χ0v) is 11.7. The van der Waals surface area contributed by atoms with Crippen LogP contribution in [0.3, 0.4) is 0 Å². The van der Waals surface area contributed by atoms with Crippen molar-refractivity contribution in [2.45, 2.75) is 43.5 Å². The summed E-state index contributed by atoms with van der Waals surface area (Å²) in [5, 5.41) is 40.1. The van der Waals surface area contributed by atoms with Crippen molar-refractivity contribution >= 4 is 11.9 Å². The molecule has 1 fully saturated rings. The van der Waals surface area contributed by atoms with Crippen molar-refractivity contribution in [3.63, 3.8) is 0 Å². The number of hydrogen-bond acceptors (Lipinski definition) is 8. The Morgan fingerprint density at radius 3 is 2.55 bits per heavy atom. The van der Waals surface area contributed by atoms with Crippen LogP contribution in [0, 0.1) is 0 Å². The number of carbonyl (C=O) groups excluding carboxylic acids is 2. The highest BCUT2D eigenvalue weighted by atomic mass is 16.7. The standard InChI is InChI=1S/C13H19NO8/c15-7(11-9(17)10(18)13(20)22-11)5-21-8(16)4-14-12(19)6-2-1-3-6/h2,7,9-11,13,15,17-18,20H,1,3-5H2,(H,14,19)/t7?,9-,10+,11?,13?/m0/s1. The number of amides is 1. The average Bonchev–Trinajstić information content (AvgIpc) is 2.68. The van der Waals surface area contributed by atoms with E-state index in [-0.39, 0.29) is 12.5 Å². The van der Waals surface area contributed by atoms with E-state index >= 15 is 0 Å². The minimum Gasteiger partial charge on any atom is -0.462 e. The summed E-state index contributed by atoms with van der Waals surface area (Å²) < 4.78 is 9.51. The number of carbonyl (C=O) groups is 2. The Balaban J connectivity index is 1.68. The van der Waals surface area contributed by atoms with E-state index in [9.17, 15) is 30.0 Å². The Labute approximate surface area is 126 Å². The number of aliphatic hydroxyl groups excluding tert-OH is 4. The molecule has 0 aromatic rings. The molecule has 0 saturated carbocycles. The molecule has 1 amide bonds. The third kappa shape index (κ3) is 3.81. The van der Waals surface area contributed by atoms with Gasteiger partial charge in [0.15, 0.2) is 6.29 Å². The van der Waals surface area contributed by atoms with Crippen molar-refractivity contribution in [1.29, 1.82) is 0 Å². The average molecular weight is 317 g/mol. The van der Waals surface area contributed by atoms with Crippen molar-refractivity contribution in [3.8, 4) is 0 Å². The van der Waals surface area contributed by atoms with E-state index in [1.807, 2.05) is 0 Å². The molecule has 9 nitrogen and oxygen atoms in total. The van der Waals surface area contributed by atoms with Gasteiger partial charge in [0.25, 0.3) is 0 Å². The number of aliphatic hydroxyl groups is 4. The Hall–Kier alpha value is -1.52. The maximum Gasteiger partial charge on any atom is 0.325 e. The van der Waals surface area contributed by atoms with Gasteiger partial charge in [0.05, 0.1) is 0 Å². The van der Waals surface area contributed by atoms with Gasteiger partial charge in [-0.2, -0.15) is 0 Å². The summed E-state index contributed by atoms with van der Waals surface area (Å²) in [7, 11) is 0. The van der Waals surface area contributed by atoms with Crippen LogP contribution in [0.1, 0.15) is 12.8 Å². The van der Waals surface area contributed by atoms with E-state index in [0.29, 0.717) is 12.0 Å². The first-order valence-corrected chi connectivity index (χ1v) is 6.90. The number of nitrogens with one attached hydrogen (secondary N) is 1. The summed E-state index contributed by atoms with van der Waals surface area (Å²) in [5.74, 6) is -1.09. The van der Waals surface area contributed by atoms with Crippen LogP contribution in [0.5, 0.6) is 0 Å². The molecule has 5 N–H and O–H groups in total. The zero-order valence-electron chi connectivity index (χ0n) is 11.7. The minimum absolute atomic E-state index is 0.329. The molecule has 0 spiro atoms. The van der Waals surface area contributed by atoms with Crippen LogP contribution in [0.4, 0.5) is 0 Å². The molecule has 22 heavy (non-hydrogen) atoms. The van der Waals surface area contributed by atoms with Gasteiger partial charge < -0.3 is 35.2 Å². The molecule has 0 aromatic heterocycles. The highest BCUT2D eigenvalue weighted by molar-refractivity contribution is 5.96. The van der Waals surface area contributed by atoms with Gasteiger partial charge in [0, 0.05) is 5.57 Å². The second-order valence-corrected chi connectivity index (χ2v) is 5.17. The van der Waals surface area contributed by atoms with Gasteiger partial charge in [-0.1, -0.05) is 6.08 Å². The Morgan fingerprint density at radius 2 is 2.05 bits per heavy atom. The van der Waals surface area contributed by atoms with Gasteiger partial charge in [-0.3, -0.25) is 9.59 Å². The van der Waals surface area contributed by atoms with E-state index in [0.717, 1.165) is 6.42 Å². The van der Waals surface area contributed by atoms with Gasteiger partial charge in [-0.05, 0) is 12.8 Å². The maximum atomic E-state index is 11.4. The van der Waals surface area contributed by atoms with Crippen LogP contribution >= 0.6 is 0 Å². The third-order valence-corrected chi connectivity index (χ3v) is 3.56. The van der Waals surface area contributed by atoms with E-state index in [1.54, 1.807) is 6.08 Å². The Kier molecular flexibility index (Phi) is 5.48. The van der Waals surface area contributed by atoms with E-state index in [1.165, 1.54) is 0 Å². The lowest BCUT2D eigenvalue weighted by atomic mass is 9.98. The van der Waals surface area contributed by atoms with Crippen LogP contribution in [-0.2, 0) is 19.1 Å². The molecule has 2 rings (SSSR count). The molecule has 1 aliphatic heterocycles. The predicted molar refractivity (Wildman–Crippen MR) is 70.2 cm³/mol. The second-order valence-electron chi connectivity index (χ2n) is 5.17. The quantitative estimate of drug-likeness (QED) is 0.329. The summed E-state index contributed by atoms with van der Waals surface area (Å²) in [6, 6.07) is 0. The molecule has 0 aromatic carbocycles. The van der Waals surface area contributed by atoms with Gasteiger partial charge in [0.2, 0.25) is 5.91 Å². The van der Waals surface area contributed by atoms with E-state index in [2.05, 4.69) is 5.32 Å². The molecule has 0 radical (unpaired) electrons. The molecule has 1 aliphatic carbocycles. The second kappa shape index (κ2) is 7.16. The van der Waals surface area contributed by atoms with Gasteiger partial charge in [0.1, 0.15) is 37.6 Å². The highest BCUT2D eigenvalue weighted by Crippen LogP contribution is 2.22. The van der Waals surface area contributed by atoms with Gasteiger partial charge >= 0.3 is 5.97 Å². The van der Waals surface area contributed by atoms with Crippen LogP contribution in [0.2, 0.25) is 0 Å². The smallest absolute Gasteiger partial charge is 0.325 e. The molecule has 2 aliphatic rings. The summed E-state index contributed by atoms with van der Waals surface area (Å²) in [4.78, 5) is 22.9. The highest BCUT2D eigenvalue weighted by Gasteiger charge is 2.45. The summed E-state index contributed by atoms with van der Waals surface area (Å²) in [6.45, 7) is -0.846. The first-order chi connectivity index (χ1) is 10.4. The molecule has 0 bridgehead atoms. The van der Waals surface area contributed by atoms with Crippen LogP contribution in [-0.4, -0.2) is 76.2 Å². The first kappa shape index (κ1) is 16.8. The fraction of sp³-hybridized carbons (Fsp3) is 0.692.